The Bertz CT molecular complexity index is 890. The van der Waals surface area contributed by atoms with E-state index in [0.29, 0.717) is 17.8 Å². The van der Waals surface area contributed by atoms with E-state index in [4.69, 9.17) is 4.74 Å². The van der Waals surface area contributed by atoms with Gasteiger partial charge in [-0.1, -0.05) is 31.2 Å². The van der Waals surface area contributed by atoms with Crippen molar-refractivity contribution in [3.05, 3.63) is 59.7 Å². The number of rotatable bonds is 6. The lowest BCUT2D eigenvalue weighted by Gasteiger charge is -2.25. The van der Waals surface area contributed by atoms with Crippen LogP contribution in [-0.4, -0.2) is 24.6 Å². The van der Waals surface area contributed by atoms with Crippen molar-refractivity contribution in [1.82, 2.24) is 5.32 Å². The summed E-state index contributed by atoms with van der Waals surface area (Å²) in [6.07, 6.45) is 1.34. The Balaban J connectivity index is 1.78. The van der Waals surface area contributed by atoms with Gasteiger partial charge in [0.1, 0.15) is 11.5 Å². The summed E-state index contributed by atoms with van der Waals surface area (Å²) in [5.41, 5.74) is 3.08. The third-order valence-electron chi connectivity index (χ3n) is 4.77. The van der Waals surface area contributed by atoms with Gasteiger partial charge in [-0.25, -0.2) is 5.01 Å². The number of amides is 2. The zero-order valence-corrected chi connectivity index (χ0v) is 16.4. The Hall–Kier alpha value is -3.15. The van der Waals surface area contributed by atoms with Crippen molar-refractivity contribution in [2.75, 3.05) is 12.1 Å². The van der Waals surface area contributed by atoms with Gasteiger partial charge < -0.3 is 10.1 Å². The first-order valence-electron chi connectivity index (χ1n) is 9.43. The molecule has 3 rings (SSSR count). The fraction of sp³-hybridized carbons (Fsp3) is 0.318. The second-order valence-corrected chi connectivity index (χ2v) is 6.80. The SMILES string of the molecule is CCC(NC(=O)C1=NN(c2cccc(C)c2)C(=O)CC1)c1ccc(OC)cc1. The fourth-order valence-electron chi connectivity index (χ4n) is 3.18. The zero-order valence-electron chi connectivity index (χ0n) is 16.4. The van der Waals surface area contributed by atoms with Crippen molar-refractivity contribution in [2.45, 2.75) is 39.2 Å². The molecular weight excluding hydrogens is 354 g/mol. The van der Waals surface area contributed by atoms with Gasteiger partial charge in [0.25, 0.3) is 5.91 Å². The summed E-state index contributed by atoms with van der Waals surface area (Å²) < 4.78 is 5.19. The first-order chi connectivity index (χ1) is 13.5. The quantitative estimate of drug-likeness (QED) is 0.831. The highest BCUT2D eigenvalue weighted by atomic mass is 16.5. The maximum atomic E-state index is 12.8. The highest BCUT2D eigenvalue weighted by Gasteiger charge is 2.26. The third-order valence-corrected chi connectivity index (χ3v) is 4.77. The molecule has 1 unspecified atom stereocenters. The zero-order chi connectivity index (χ0) is 20.1. The molecule has 146 valence electrons. The first kappa shape index (κ1) is 19.6. The molecule has 2 aromatic rings. The van der Waals surface area contributed by atoms with Crippen molar-refractivity contribution >= 4 is 23.2 Å². The maximum absolute atomic E-state index is 12.8. The van der Waals surface area contributed by atoms with E-state index in [1.807, 2.05) is 62.4 Å². The van der Waals surface area contributed by atoms with E-state index in [2.05, 4.69) is 10.4 Å². The predicted molar refractivity (Wildman–Crippen MR) is 110 cm³/mol. The second-order valence-electron chi connectivity index (χ2n) is 6.80. The number of hydrogen-bond acceptors (Lipinski definition) is 4. The Morgan fingerprint density at radius 3 is 2.61 bits per heavy atom. The summed E-state index contributed by atoms with van der Waals surface area (Å²) in [7, 11) is 1.62. The van der Waals surface area contributed by atoms with Gasteiger partial charge in [0, 0.05) is 12.8 Å². The topological polar surface area (TPSA) is 71.0 Å². The molecule has 2 amide bonds. The Kier molecular flexibility index (Phi) is 6.09. The normalized spacial score (nSPS) is 15.0. The number of ether oxygens (including phenoxy) is 1. The van der Waals surface area contributed by atoms with Gasteiger partial charge >= 0.3 is 0 Å². The molecule has 6 nitrogen and oxygen atoms in total. The number of nitrogens with one attached hydrogen (secondary N) is 1. The van der Waals surface area contributed by atoms with Crippen LogP contribution in [0.1, 0.15) is 43.4 Å². The molecule has 1 atom stereocenters. The summed E-state index contributed by atoms with van der Waals surface area (Å²) >= 11 is 0. The average Bonchev–Trinajstić information content (AvgIpc) is 2.72. The van der Waals surface area contributed by atoms with Crippen molar-refractivity contribution in [1.29, 1.82) is 0 Å². The Labute approximate surface area is 165 Å². The van der Waals surface area contributed by atoms with Crippen LogP contribution in [0.5, 0.6) is 5.75 Å². The predicted octanol–water partition coefficient (Wildman–Crippen LogP) is 3.75. The molecule has 0 radical (unpaired) electrons. The van der Waals surface area contributed by atoms with Crippen LogP contribution in [0, 0.1) is 6.92 Å². The monoisotopic (exact) mass is 379 g/mol. The molecule has 0 bridgehead atoms. The lowest BCUT2D eigenvalue weighted by Crippen LogP contribution is -2.40. The Morgan fingerprint density at radius 1 is 1.21 bits per heavy atom. The number of hydrazone groups is 1. The number of aryl methyl sites for hydroxylation is 1. The molecule has 0 fully saturated rings. The van der Waals surface area contributed by atoms with E-state index in [0.717, 1.165) is 23.3 Å². The molecule has 1 aliphatic heterocycles. The van der Waals surface area contributed by atoms with Crippen LogP contribution in [0.4, 0.5) is 5.69 Å². The van der Waals surface area contributed by atoms with Gasteiger partial charge in [-0.3, -0.25) is 9.59 Å². The van der Waals surface area contributed by atoms with E-state index in [9.17, 15) is 9.59 Å². The minimum absolute atomic E-state index is 0.107. The minimum Gasteiger partial charge on any atom is -0.497 e. The van der Waals surface area contributed by atoms with Crippen molar-refractivity contribution < 1.29 is 14.3 Å². The number of carbonyl (C=O) groups is 2. The number of carbonyl (C=O) groups excluding carboxylic acids is 2. The minimum atomic E-state index is -0.243. The highest BCUT2D eigenvalue weighted by molar-refractivity contribution is 6.40. The molecule has 1 N–H and O–H groups in total. The van der Waals surface area contributed by atoms with Gasteiger partial charge in [0.15, 0.2) is 0 Å². The number of nitrogens with zero attached hydrogens (tertiary/aromatic N) is 2. The lowest BCUT2D eigenvalue weighted by atomic mass is 10.0. The summed E-state index contributed by atoms with van der Waals surface area (Å²) in [4.78, 5) is 25.1. The molecule has 1 heterocycles. The molecule has 0 saturated carbocycles. The molecule has 1 aliphatic rings. The maximum Gasteiger partial charge on any atom is 0.267 e. The standard InChI is InChI=1S/C22H25N3O3/c1-4-19(16-8-10-18(28-3)11-9-16)23-22(27)20-12-13-21(26)25(24-20)17-7-5-6-15(2)14-17/h5-11,14,19H,4,12-13H2,1-3H3,(H,23,27). The second kappa shape index (κ2) is 8.69. The highest BCUT2D eigenvalue weighted by Crippen LogP contribution is 2.23. The number of hydrogen-bond donors (Lipinski definition) is 1. The van der Waals surface area contributed by atoms with Crippen LogP contribution < -0.4 is 15.1 Å². The smallest absolute Gasteiger partial charge is 0.267 e. The summed E-state index contributed by atoms with van der Waals surface area (Å²) in [6, 6.07) is 15.0. The van der Waals surface area contributed by atoms with E-state index in [1.165, 1.54) is 5.01 Å². The van der Waals surface area contributed by atoms with E-state index in [1.54, 1.807) is 7.11 Å². The summed E-state index contributed by atoms with van der Waals surface area (Å²) in [5.74, 6) is 0.422. The average molecular weight is 379 g/mol. The summed E-state index contributed by atoms with van der Waals surface area (Å²) in [6.45, 7) is 3.97. The third kappa shape index (κ3) is 4.39. The van der Waals surface area contributed by atoms with Gasteiger partial charge in [-0.05, 0) is 48.7 Å². The van der Waals surface area contributed by atoms with Crippen molar-refractivity contribution in [3.63, 3.8) is 0 Å². The van der Waals surface area contributed by atoms with Crippen LogP contribution in [0.2, 0.25) is 0 Å². The van der Waals surface area contributed by atoms with E-state index >= 15 is 0 Å². The lowest BCUT2D eigenvalue weighted by molar-refractivity contribution is -0.119. The molecule has 0 aliphatic carbocycles. The largest absolute Gasteiger partial charge is 0.497 e. The van der Waals surface area contributed by atoms with Gasteiger partial charge in [-0.2, -0.15) is 5.10 Å². The van der Waals surface area contributed by atoms with Crippen LogP contribution in [0.15, 0.2) is 53.6 Å². The van der Waals surface area contributed by atoms with Crippen LogP contribution in [0.25, 0.3) is 0 Å². The fourth-order valence-corrected chi connectivity index (χ4v) is 3.18. The number of methoxy groups -OCH3 is 1. The molecule has 0 aromatic heterocycles. The Morgan fingerprint density at radius 2 is 1.96 bits per heavy atom. The molecule has 28 heavy (non-hydrogen) atoms. The van der Waals surface area contributed by atoms with Crippen molar-refractivity contribution in [3.8, 4) is 5.75 Å². The molecule has 0 saturated heterocycles. The van der Waals surface area contributed by atoms with E-state index in [-0.39, 0.29) is 24.3 Å². The molecule has 0 spiro atoms. The van der Waals surface area contributed by atoms with Crippen LogP contribution in [0.3, 0.4) is 0 Å². The number of anilines is 1. The van der Waals surface area contributed by atoms with Crippen LogP contribution in [-0.2, 0) is 9.59 Å². The molecular formula is C22H25N3O3. The number of benzene rings is 2. The molecule has 2 aromatic carbocycles. The van der Waals surface area contributed by atoms with E-state index < -0.39 is 0 Å². The van der Waals surface area contributed by atoms with Crippen LogP contribution >= 0.6 is 0 Å². The van der Waals surface area contributed by atoms with Gasteiger partial charge in [0.05, 0.1) is 18.8 Å². The first-order valence-corrected chi connectivity index (χ1v) is 9.43. The van der Waals surface area contributed by atoms with Gasteiger partial charge in [-0.15, -0.1) is 0 Å². The summed E-state index contributed by atoms with van der Waals surface area (Å²) in [5, 5.41) is 8.72. The molecule has 6 heteroatoms. The van der Waals surface area contributed by atoms with Gasteiger partial charge in [0.2, 0.25) is 5.91 Å². The van der Waals surface area contributed by atoms with Crippen molar-refractivity contribution in [2.24, 2.45) is 5.10 Å².